The molecule has 1 atom stereocenters. The van der Waals surface area contributed by atoms with Crippen LogP contribution in [0.1, 0.15) is 19.8 Å². The van der Waals surface area contributed by atoms with Crippen molar-refractivity contribution in [2.24, 2.45) is 0 Å². The number of rotatable bonds is 0. The van der Waals surface area contributed by atoms with Crippen LogP contribution in [-0.2, 0) is 4.79 Å². The third kappa shape index (κ3) is 0.564. The summed E-state index contributed by atoms with van der Waals surface area (Å²) in [5, 5.41) is 0. The second-order valence-electron chi connectivity index (χ2n) is 2.92. The summed E-state index contributed by atoms with van der Waals surface area (Å²) in [5.41, 5.74) is 1.46. The summed E-state index contributed by atoms with van der Waals surface area (Å²) in [7, 11) is 0. The fraction of sp³-hybridized carbons (Fsp3) is 0.625. The molecule has 1 amide bonds. The molecule has 10 heavy (non-hydrogen) atoms. The summed E-state index contributed by atoms with van der Waals surface area (Å²) in [5.74, 6) is 0.335. The maximum Gasteiger partial charge on any atom is 0.225 e. The van der Waals surface area contributed by atoms with Gasteiger partial charge < -0.3 is 4.90 Å². The van der Waals surface area contributed by atoms with E-state index in [2.05, 4.69) is 13.0 Å². The highest BCUT2D eigenvalue weighted by Crippen LogP contribution is 2.33. The van der Waals surface area contributed by atoms with Crippen molar-refractivity contribution in [2.45, 2.75) is 25.8 Å². The minimum Gasteiger partial charge on any atom is -0.335 e. The van der Waals surface area contributed by atoms with Crippen LogP contribution in [0.5, 0.6) is 0 Å². The first-order valence-corrected chi connectivity index (χ1v) is 3.77. The molecule has 0 aliphatic carbocycles. The Balaban J connectivity index is 2.18. The van der Waals surface area contributed by atoms with Crippen molar-refractivity contribution in [1.29, 1.82) is 0 Å². The molecule has 2 fully saturated rings. The van der Waals surface area contributed by atoms with Crippen molar-refractivity contribution in [1.82, 2.24) is 4.90 Å². The monoisotopic (exact) mass is 137 g/mol. The van der Waals surface area contributed by atoms with Gasteiger partial charge in [-0.1, -0.05) is 6.08 Å². The van der Waals surface area contributed by atoms with Gasteiger partial charge in [0.1, 0.15) is 0 Å². The van der Waals surface area contributed by atoms with Gasteiger partial charge in [-0.05, 0) is 18.9 Å². The van der Waals surface area contributed by atoms with Crippen molar-refractivity contribution in [3.8, 4) is 0 Å². The first kappa shape index (κ1) is 5.96. The zero-order valence-electron chi connectivity index (χ0n) is 6.13. The van der Waals surface area contributed by atoms with E-state index in [4.69, 9.17) is 0 Å². The lowest BCUT2D eigenvalue weighted by atomic mass is 9.98. The first-order valence-electron chi connectivity index (χ1n) is 3.77. The molecule has 54 valence electrons. The number of β-lactam (4-membered cyclic amide) rings is 1. The van der Waals surface area contributed by atoms with E-state index in [0.29, 0.717) is 11.9 Å². The molecule has 0 aromatic heterocycles. The van der Waals surface area contributed by atoms with Gasteiger partial charge in [0.15, 0.2) is 0 Å². The van der Waals surface area contributed by atoms with Crippen LogP contribution in [0.2, 0.25) is 0 Å². The summed E-state index contributed by atoms with van der Waals surface area (Å²) in [4.78, 5) is 12.8. The molecule has 2 aliphatic heterocycles. The highest BCUT2D eigenvalue weighted by Gasteiger charge is 2.41. The maximum absolute atomic E-state index is 10.9. The Morgan fingerprint density at radius 2 is 2.50 bits per heavy atom. The fourth-order valence-corrected chi connectivity index (χ4v) is 1.82. The number of hydrogen-bond donors (Lipinski definition) is 0. The second-order valence-corrected chi connectivity index (χ2v) is 2.92. The quantitative estimate of drug-likeness (QED) is 0.359. The second kappa shape index (κ2) is 1.84. The third-order valence-corrected chi connectivity index (χ3v) is 2.50. The van der Waals surface area contributed by atoms with Crippen LogP contribution in [-0.4, -0.2) is 23.4 Å². The topological polar surface area (TPSA) is 20.3 Å². The van der Waals surface area contributed by atoms with Crippen molar-refractivity contribution in [2.75, 3.05) is 6.54 Å². The third-order valence-electron chi connectivity index (χ3n) is 2.50. The van der Waals surface area contributed by atoms with Crippen molar-refractivity contribution >= 4 is 5.91 Å². The van der Waals surface area contributed by atoms with Gasteiger partial charge in [-0.2, -0.15) is 0 Å². The number of nitrogens with zero attached hydrogens (tertiary/aromatic N) is 1. The molecule has 0 bridgehead atoms. The number of allylic oxidation sites excluding steroid dienone is 1. The molecule has 2 rings (SSSR count). The van der Waals surface area contributed by atoms with Gasteiger partial charge in [0.25, 0.3) is 0 Å². The fourth-order valence-electron chi connectivity index (χ4n) is 1.82. The molecule has 0 radical (unpaired) electrons. The summed E-state index contributed by atoms with van der Waals surface area (Å²) < 4.78 is 0. The van der Waals surface area contributed by atoms with Crippen LogP contribution >= 0.6 is 0 Å². The Hall–Kier alpha value is -0.790. The maximum atomic E-state index is 10.9. The normalized spacial score (nSPS) is 34.5. The molecule has 2 heteroatoms. The van der Waals surface area contributed by atoms with Crippen LogP contribution in [0.15, 0.2) is 11.6 Å². The average Bonchev–Trinajstić information content (AvgIpc) is 2.25. The number of amides is 1. The molecular formula is C8H11NO. The van der Waals surface area contributed by atoms with Crippen LogP contribution in [0.4, 0.5) is 0 Å². The van der Waals surface area contributed by atoms with Crippen LogP contribution in [0, 0.1) is 0 Å². The smallest absolute Gasteiger partial charge is 0.225 e. The number of fused-ring (bicyclic) bond motifs is 1. The summed E-state index contributed by atoms with van der Waals surface area (Å²) in [6, 6.07) is 0.498. The Kier molecular flexibility index (Phi) is 1.10. The average molecular weight is 137 g/mol. The van der Waals surface area contributed by atoms with E-state index in [1.807, 2.05) is 4.90 Å². The minimum atomic E-state index is 0.335. The van der Waals surface area contributed by atoms with Gasteiger partial charge in [-0.15, -0.1) is 0 Å². The molecule has 0 N–H and O–H groups in total. The molecule has 2 saturated heterocycles. The number of carbonyl (C=O) groups excluding carboxylic acids is 1. The summed E-state index contributed by atoms with van der Waals surface area (Å²) >= 11 is 0. The van der Waals surface area contributed by atoms with E-state index in [9.17, 15) is 4.79 Å². The molecule has 0 aromatic rings. The summed E-state index contributed by atoms with van der Waals surface area (Å²) in [6.45, 7) is 3.02. The zero-order chi connectivity index (χ0) is 7.14. The Bertz CT molecular complexity index is 207. The van der Waals surface area contributed by atoms with E-state index >= 15 is 0 Å². The van der Waals surface area contributed by atoms with Crippen LogP contribution in [0.25, 0.3) is 0 Å². The molecule has 2 nitrogen and oxygen atoms in total. The highest BCUT2D eigenvalue weighted by atomic mass is 16.2. The molecular weight excluding hydrogens is 126 g/mol. The first-order chi connectivity index (χ1) is 4.83. The largest absolute Gasteiger partial charge is 0.335 e. The highest BCUT2D eigenvalue weighted by molar-refractivity contribution is 5.85. The lowest BCUT2D eigenvalue weighted by molar-refractivity contribution is -0.141. The minimum absolute atomic E-state index is 0.335. The molecule has 2 heterocycles. The molecule has 2 aliphatic rings. The van der Waals surface area contributed by atoms with E-state index in [-0.39, 0.29) is 0 Å². The van der Waals surface area contributed by atoms with E-state index in [1.165, 1.54) is 5.57 Å². The van der Waals surface area contributed by atoms with Gasteiger partial charge in [0.2, 0.25) is 5.91 Å². The van der Waals surface area contributed by atoms with Gasteiger partial charge in [0.05, 0.1) is 12.5 Å². The van der Waals surface area contributed by atoms with Crippen LogP contribution < -0.4 is 0 Å². The van der Waals surface area contributed by atoms with Crippen molar-refractivity contribution in [3.05, 3.63) is 11.6 Å². The molecule has 0 unspecified atom stereocenters. The predicted molar refractivity (Wildman–Crippen MR) is 38.5 cm³/mol. The van der Waals surface area contributed by atoms with Crippen LogP contribution in [0.3, 0.4) is 0 Å². The van der Waals surface area contributed by atoms with Gasteiger partial charge in [0, 0.05) is 6.54 Å². The van der Waals surface area contributed by atoms with Gasteiger partial charge in [-0.25, -0.2) is 0 Å². The van der Waals surface area contributed by atoms with E-state index in [1.54, 1.807) is 0 Å². The van der Waals surface area contributed by atoms with Crippen molar-refractivity contribution in [3.63, 3.8) is 0 Å². The predicted octanol–water partition coefficient (Wildman–Crippen LogP) is 0.937. The Morgan fingerprint density at radius 1 is 1.70 bits per heavy atom. The lowest BCUT2D eigenvalue weighted by Crippen LogP contribution is -2.48. The van der Waals surface area contributed by atoms with E-state index in [0.717, 1.165) is 19.4 Å². The number of hydrogen-bond acceptors (Lipinski definition) is 1. The Labute approximate surface area is 60.5 Å². The van der Waals surface area contributed by atoms with E-state index < -0.39 is 0 Å². The molecule has 0 spiro atoms. The number of carbonyl (C=O) groups is 1. The lowest BCUT2D eigenvalue weighted by Gasteiger charge is -2.34. The molecule has 0 saturated carbocycles. The van der Waals surface area contributed by atoms with Gasteiger partial charge in [-0.3, -0.25) is 4.79 Å². The summed E-state index contributed by atoms with van der Waals surface area (Å²) in [6.07, 6.45) is 4.02. The van der Waals surface area contributed by atoms with Gasteiger partial charge >= 0.3 is 0 Å². The SMILES string of the molecule is C/C=C1/CCN2C(=O)C[C@@H]12. The standard InChI is InChI=1S/C8H11NO/c1-2-6-3-4-9-7(6)5-8(9)10/h2,7H,3-5H2,1H3/b6-2-/t7-/m0/s1. The van der Waals surface area contributed by atoms with Crippen molar-refractivity contribution < 1.29 is 4.79 Å². The Morgan fingerprint density at radius 3 is 3.00 bits per heavy atom. The zero-order valence-corrected chi connectivity index (χ0v) is 6.13. The molecule has 0 aromatic carbocycles.